The van der Waals surface area contributed by atoms with Gasteiger partial charge < -0.3 is 18.6 Å². The Bertz CT molecular complexity index is 1240. The van der Waals surface area contributed by atoms with Crippen molar-refractivity contribution in [2.45, 2.75) is 65.8 Å². The first-order valence-corrected chi connectivity index (χ1v) is 12.4. The molecule has 34 heavy (non-hydrogen) atoms. The second-order valence-corrected chi connectivity index (χ2v) is 11.5. The third kappa shape index (κ3) is 4.56. The molecule has 0 radical (unpaired) electrons. The van der Waals surface area contributed by atoms with Crippen LogP contribution >= 0.6 is 0 Å². The van der Waals surface area contributed by atoms with Crippen molar-refractivity contribution in [3.8, 4) is 34.4 Å². The SMILES string of the molecule is COc1cc2c(cc1/C(C)=N/[S@+]([O-])C(C)(C)C)-c1nc(-c3nc(C)nn3C(C)C)cn1CCO2. The van der Waals surface area contributed by atoms with E-state index in [1.54, 1.807) is 7.11 Å². The van der Waals surface area contributed by atoms with E-state index in [0.29, 0.717) is 36.2 Å². The van der Waals surface area contributed by atoms with E-state index in [-0.39, 0.29) is 6.04 Å². The molecular weight excluding hydrogens is 452 g/mol. The number of nitrogens with zero attached hydrogens (tertiary/aromatic N) is 6. The van der Waals surface area contributed by atoms with Crippen LogP contribution in [0.3, 0.4) is 0 Å². The van der Waals surface area contributed by atoms with Gasteiger partial charge in [0.1, 0.15) is 51.6 Å². The molecule has 0 N–H and O–H groups in total. The lowest BCUT2D eigenvalue weighted by molar-refractivity contribution is 0.304. The van der Waals surface area contributed by atoms with Gasteiger partial charge in [0, 0.05) is 23.9 Å². The minimum Gasteiger partial charge on any atom is -0.591 e. The summed E-state index contributed by atoms with van der Waals surface area (Å²) in [7, 11) is 1.61. The van der Waals surface area contributed by atoms with E-state index in [1.165, 1.54) is 0 Å². The van der Waals surface area contributed by atoms with Crippen LogP contribution in [0.25, 0.3) is 22.9 Å². The van der Waals surface area contributed by atoms with Crippen LogP contribution in [0, 0.1) is 6.92 Å². The van der Waals surface area contributed by atoms with Crippen molar-refractivity contribution >= 4 is 17.1 Å². The summed E-state index contributed by atoms with van der Waals surface area (Å²) in [6, 6.07) is 3.97. The molecule has 0 spiro atoms. The van der Waals surface area contributed by atoms with Crippen LogP contribution in [-0.2, 0) is 17.9 Å². The normalized spacial score (nSPS) is 14.9. The van der Waals surface area contributed by atoms with Crippen LogP contribution in [0.2, 0.25) is 0 Å². The molecule has 3 heterocycles. The van der Waals surface area contributed by atoms with Gasteiger partial charge in [-0.2, -0.15) is 5.10 Å². The van der Waals surface area contributed by atoms with Crippen molar-refractivity contribution in [2.75, 3.05) is 13.7 Å². The van der Waals surface area contributed by atoms with Gasteiger partial charge in [-0.1, -0.05) is 4.40 Å². The van der Waals surface area contributed by atoms with E-state index < -0.39 is 16.1 Å². The number of methoxy groups -OCH3 is 1. The van der Waals surface area contributed by atoms with Crippen LogP contribution in [-0.4, -0.2) is 53.0 Å². The van der Waals surface area contributed by atoms with Gasteiger partial charge in [-0.25, -0.2) is 14.6 Å². The Kier molecular flexibility index (Phi) is 6.48. The number of fused-ring (bicyclic) bond motifs is 3. The molecule has 1 aliphatic heterocycles. The lowest BCUT2D eigenvalue weighted by atomic mass is 10.0. The number of aromatic nitrogens is 5. The van der Waals surface area contributed by atoms with Crippen LogP contribution in [0.4, 0.5) is 0 Å². The smallest absolute Gasteiger partial charge is 0.178 e. The first-order valence-electron chi connectivity index (χ1n) is 11.3. The van der Waals surface area contributed by atoms with Crippen molar-refractivity contribution < 1.29 is 14.0 Å². The molecule has 0 amide bonds. The van der Waals surface area contributed by atoms with Gasteiger partial charge in [0.25, 0.3) is 0 Å². The highest BCUT2D eigenvalue weighted by atomic mass is 32.2. The predicted octanol–water partition coefficient (Wildman–Crippen LogP) is 4.37. The fourth-order valence-electron chi connectivity index (χ4n) is 3.75. The molecule has 182 valence electrons. The molecule has 1 aromatic carbocycles. The van der Waals surface area contributed by atoms with Gasteiger partial charge in [0.2, 0.25) is 0 Å². The van der Waals surface area contributed by atoms with Crippen molar-refractivity contribution in [3.05, 3.63) is 29.7 Å². The topological polar surface area (TPSA) is 102 Å². The zero-order valence-electron chi connectivity index (χ0n) is 21.0. The molecular formula is C24H32N6O3S. The van der Waals surface area contributed by atoms with Crippen molar-refractivity contribution in [1.82, 2.24) is 24.3 Å². The molecule has 0 saturated carbocycles. The Morgan fingerprint density at radius 1 is 1.24 bits per heavy atom. The number of ether oxygens (including phenoxy) is 2. The number of hydrogen-bond acceptors (Lipinski definition) is 7. The Morgan fingerprint density at radius 2 is 1.97 bits per heavy atom. The second-order valence-electron chi connectivity index (χ2n) is 9.60. The van der Waals surface area contributed by atoms with Gasteiger partial charge >= 0.3 is 0 Å². The van der Waals surface area contributed by atoms with Gasteiger partial charge in [-0.15, -0.1) is 0 Å². The molecule has 1 atom stereocenters. The van der Waals surface area contributed by atoms with Gasteiger partial charge in [0.15, 0.2) is 5.82 Å². The minimum absolute atomic E-state index is 0.159. The molecule has 4 rings (SSSR count). The molecule has 0 bridgehead atoms. The second kappa shape index (κ2) is 9.07. The third-order valence-corrected chi connectivity index (χ3v) is 6.99. The Balaban J connectivity index is 1.85. The molecule has 0 fully saturated rings. The van der Waals surface area contributed by atoms with Crippen molar-refractivity contribution in [1.29, 1.82) is 0 Å². The third-order valence-electron chi connectivity index (χ3n) is 5.50. The summed E-state index contributed by atoms with van der Waals surface area (Å²) in [5.74, 6) is 3.51. The van der Waals surface area contributed by atoms with E-state index in [4.69, 9.17) is 14.5 Å². The zero-order valence-corrected chi connectivity index (χ0v) is 21.9. The largest absolute Gasteiger partial charge is 0.591 e. The molecule has 1 aliphatic rings. The maximum atomic E-state index is 12.7. The predicted molar refractivity (Wildman–Crippen MR) is 134 cm³/mol. The van der Waals surface area contributed by atoms with Gasteiger partial charge in [-0.05, 0) is 54.5 Å². The Hall–Kier alpha value is -2.85. The van der Waals surface area contributed by atoms with E-state index in [2.05, 4.69) is 32.9 Å². The minimum atomic E-state index is -1.39. The Labute approximate surface area is 203 Å². The molecule has 0 unspecified atom stereocenters. The zero-order chi connectivity index (χ0) is 24.8. The van der Waals surface area contributed by atoms with Crippen LogP contribution in [0.5, 0.6) is 11.5 Å². The molecule has 3 aromatic rings. The molecule has 9 nitrogen and oxygen atoms in total. The summed E-state index contributed by atoms with van der Waals surface area (Å²) in [6.07, 6.45) is 2.00. The average Bonchev–Trinajstić information content (AvgIpc) is 3.32. The van der Waals surface area contributed by atoms with Crippen molar-refractivity contribution in [2.24, 2.45) is 4.40 Å². The molecule has 0 aliphatic carbocycles. The number of aryl methyl sites for hydroxylation is 1. The number of imidazole rings is 1. The fourth-order valence-corrected chi connectivity index (χ4v) is 4.37. The maximum absolute atomic E-state index is 12.7. The highest BCUT2D eigenvalue weighted by Crippen LogP contribution is 2.39. The first-order chi connectivity index (χ1) is 16.0. The van der Waals surface area contributed by atoms with Crippen molar-refractivity contribution in [3.63, 3.8) is 0 Å². The Morgan fingerprint density at radius 3 is 2.62 bits per heavy atom. The monoisotopic (exact) mass is 484 g/mol. The molecule has 10 heteroatoms. The first kappa shape index (κ1) is 24.3. The number of hydrogen-bond donors (Lipinski definition) is 0. The van der Waals surface area contributed by atoms with E-state index in [1.807, 2.05) is 57.6 Å². The summed E-state index contributed by atoms with van der Waals surface area (Å²) < 4.78 is 32.3. The maximum Gasteiger partial charge on any atom is 0.178 e. The van der Waals surface area contributed by atoms with E-state index in [9.17, 15) is 4.55 Å². The lowest BCUT2D eigenvalue weighted by Crippen LogP contribution is -2.26. The van der Waals surface area contributed by atoms with E-state index in [0.717, 1.165) is 28.5 Å². The van der Waals surface area contributed by atoms with Gasteiger partial charge in [0.05, 0.1) is 24.9 Å². The van der Waals surface area contributed by atoms with Crippen LogP contribution in [0.15, 0.2) is 22.7 Å². The molecule has 0 saturated heterocycles. The quantitative estimate of drug-likeness (QED) is 0.394. The summed E-state index contributed by atoms with van der Waals surface area (Å²) in [4.78, 5) is 9.58. The number of rotatable bonds is 5. The highest BCUT2D eigenvalue weighted by molar-refractivity contribution is 7.91. The summed E-state index contributed by atoms with van der Waals surface area (Å²) in [6.45, 7) is 14.7. The average molecular weight is 485 g/mol. The fraction of sp³-hybridized carbons (Fsp3) is 0.500. The lowest BCUT2D eigenvalue weighted by Gasteiger charge is -2.19. The highest BCUT2D eigenvalue weighted by Gasteiger charge is 2.29. The number of benzene rings is 1. The standard InChI is InChI=1S/C24H32N6O3S/c1-14(2)30-23(25-16(4)27-30)19-13-29-9-10-33-21-12-20(32-8)17(11-18(21)22(29)26-19)15(3)28-34(31)24(5,6)7/h11-14H,9-10H2,1-8H3/b28-15+/t34-/m1/s1. The van der Waals surface area contributed by atoms with Crippen LogP contribution < -0.4 is 9.47 Å². The summed E-state index contributed by atoms with van der Waals surface area (Å²) in [5.41, 5.74) is 2.96. The summed E-state index contributed by atoms with van der Waals surface area (Å²) in [5, 5.41) is 4.53. The van der Waals surface area contributed by atoms with E-state index >= 15 is 0 Å². The van der Waals surface area contributed by atoms with Crippen LogP contribution in [0.1, 0.15) is 59.0 Å². The summed E-state index contributed by atoms with van der Waals surface area (Å²) >= 11 is -1.39. The molecule has 2 aromatic heterocycles. The van der Waals surface area contributed by atoms with Gasteiger partial charge in [-0.3, -0.25) is 0 Å².